The van der Waals surface area contributed by atoms with Crippen molar-refractivity contribution in [2.45, 2.75) is 82.5 Å². The summed E-state index contributed by atoms with van der Waals surface area (Å²) in [6.45, 7) is 2.22. The molecule has 5 atom stereocenters. The zero-order chi connectivity index (χ0) is 14.1. The molecule has 20 heavy (non-hydrogen) atoms. The monoisotopic (exact) mass is 279 g/mol. The fourth-order valence-electron chi connectivity index (χ4n) is 4.24. The van der Waals surface area contributed by atoms with Crippen molar-refractivity contribution in [3.63, 3.8) is 0 Å². The molecule has 3 aliphatic rings. The lowest BCUT2D eigenvalue weighted by atomic mass is 9.82. The van der Waals surface area contributed by atoms with E-state index in [1.807, 2.05) is 0 Å². The number of amides is 2. The lowest BCUT2D eigenvalue weighted by Crippen LogP contribution is -2.56. The minimum Gasteiger partial charge on any atom is -0.335 e. The molecule has 3 rings (SSSR count). The minimum atomic E-state index is 0.0706. The number of carbonyl (C=O) groups excluding carboxylic acids is 1. The van der Waals surface area contributed by atoms with Crippen LogP contribution in [0.25, 0.3) is 0 Å². The standard InChI is InChI=1S/C16H29N3O/c1-3-5-11-8-15(11)18-16(20)17-12-9-13-6-4-7-14(10-12)19(13)2/h11-15H,3-10H2,1-2H3,(H2,17,18,20)/t11-,12?,13-,14+,15-/m0/s1. The molecule has 0 spiro atoms. The van der Waals surface area contributed by atoms with Crippen LogP contribution >= 0.6 is 0 Å². The van der Waals surface area contributed by atoms with Crippen molar-refractivity contribution in [2.75, 3.05) is 7.05 Å². The van der Waals surface area contributed by atoms with Crippen LogP contribution in [0.5, 0.6) is 0 Å². The lowest BCUT2D eigenvalue weighted by Gasteiger charge is -2.47. The van der Waals surface area contributed by atoms with Crippen molar-refractivity contribution in [1.29, 1.82) is 0 Å². The van der Waals surface area contributed by atoms with Crippen LogP contribution in [0.1, 0.15) is 58.3 Å². The fraction of sp³-hybridized carbons (Fsp3) is 0.938. The predicted octanol–water partition coefficient (Wildman–Crippen LogP) is 2.49. The number of urea groups is 1. The first-order chi connectivity index (χ1) is 9.67. The third-order valence-corrected chi connectivity index (χ3v) is 5.57. The van der Waals surface area contributed by atoms with Gasteiger partial charge in [-0.2, -0.15) is 0 Å². The average Bonchev–Trinajstić information content (AvgIpc) is 3.09. The van der Waals surface area contributed by atoms with Crippen LogP contribution in [0.2, 0.25) is 0 Å². The largest absolute Gasteiger partial charge is 0.335 e. The summed E-state index contributed by atoms with van der Waals surface area (Å²) in [5.74, 6) is 0.739. The fourth-order valence-corrected chi connectivity index (χ4v) is 4.24. The molecule has 114 valence electrons. The number of carbonyl (C=O) groups is 1. The van der Waals surface area contributed by atoms with Crippen molar-refractivity contribution in [1.82, 2.24) is 15.5 Å². The maximum Gasteiger partial charge on any atom is 0.315 e. The van der Waals surface area contributed by atoms with Crippen molar-refractivity contribution >= 4 is 6.03 Å². The van der Waals surface area contributed by atoms with Crippen molar-refractivity contribution in [3.05, 3.63) is 0 Å². The highest BCUT2D eigenvalue weighted by atomic mass is 16.2. The number of nitrogens with zero attached hydrogens (tertiary/aromatic N) is 1. The molecule has 2 saturated heterocycles. The van der Waals surface area contributed by atoms with Gasteiger partial charge >= 0.3 is 6.03 Å². The maximum absolute atomic E-state index is 12.1. The Balaban J connectivity index is 1.43. The van der Waals surface area contributed by atoms with E-state index in [0.717, 1.165) is 18.8 Å². The normalized spacial score (nSPS) is 40.2. The van der Waals surface area contributed by atoms with E-state index < -0.39 is 0 Å². The van der Waals surface area contributed by atoms with Gasteiger partial charge in [-0.25, -0.2) is 4.79 Å². The zero-order valence-electron chi connectivity index (χ0n) is 12.9. The van der Waals surface area contributed by atoms with Gasteiger partial charge in [-0.05, 0) is 51.5 Å². The van der Waals surface area contributed by atoms with Gasteiger partial charge in [0.2, 0.25) is 0 Å². The first kappa shape index (κ1) is 14.2. The summed E-state index contributed by atoms with van der Waals surface area (Å²) in [4.78, 5) is 14.6. The van der Waals surface area contributed by atoms with Crippen molar-refractivity contribution in [3.8, 4) is 0 Å². The predicted molar refractivity (Wildman–Crippen MR) is 80.7 cm³/mol. The Kier molecular flexibility index (Phi) is 4.20. The maximum atomic E-state index is 12.1. The smallest absolute Gasteiger partial charge is 0.315 e. The summed E-state index contributed by atoms with van der Waals surface area (Å²) in [7, 11) is 2.25. The van der Waals surface area contributed by atoms with Gasteiger partial charge in [0.25, 0.3) is 0 Å². The first-order valence-corrected chi connectivity index (χ1v) is 8.46. The van der Waals surface area contributed by atoms with Gasteiger partial charge in [0.15, 0.2) is 0 Å². The summed E-state index contributed by atoms with van der Waals surface area (Å²) in [5, 5.41) is 6.37. The second-order valence-electron chi connectivity index (χ2n) is 7.08. The molecule has 0 aromatic heterocycles. The molecule has 2 heterocycles. The van der Waals surface area contributed by atoms with E-state index in [0.29, 0.717) is 24.2 Å². The highest BCUT2D eigenvalue weighted by Gasteiger charge is 2.39. The van der Waals surface area contributed by atoms with Crippen LogP contribution in [0, 0.1) is 5.92 Å². The molecule has 1 saturated carbocycles. The van der Waals surface area contributed by atoms with Crippen LogP contribution in [-0.2, 0) is 0 Å². The Morgan fingerprint density at radius 1 is 1.15 bits per heavy atom. The molecule has 2 aliphatic heterocycles. The van der Waals surface area contributed by atoms with Crippen molar-refractivity contribution in [2.24, 2.45) is 5.92 Å². The second kappa shape index (κ2) is 5.92. The number of nitrogens with one attached hydrogen (secondary N) is 2. The second-order valence-corrected chi connectivity index (χ2v) is 7.08. The number of hydrogen-bond donors (Lipinski definition) is 2. The summed E-state index contributed by atoms with van der Waals surface area (Å²) < 4.78 is 0. The zero-order valence-corrected chi connectivity index (χ0v) is 12.9. The Morgan fingerprint density at radius 2 is 1.85 bits per heavy atom. The van der Waals surface area contributed by atoms with Crippen LogP contribution in [0.4, 0.5) is 4.79 Å². The molecule has 2 N–H and O–H groups in total. The number of piperidine rings is 2. The highest BCUT2D eigenvalue weighted by Crippen LogP contribution is 2.35. The molecule has 2 amide bonds. The average molecular weight is 279 g/mol. The van der Waals surface area contributed by atoms with Crippen LogP contribution < -0.4 is 10.6 Å². The van der Waals surface area contributed by atoms with E-state index in [4.69, 9.17) is 0 Å². The SMILES string of the molecule is CCC[C@H]1C[C@@H]1NC(=O)NC1C[C@H]2CCC[C@@H](C1)N2C. The molecule has 4 nitrogen and oxygen atoms in total. The molecule has 4 heteroatoms. The molecule has 1 unspecified atom stereocenters. The summed E-state index contributed by atoms with van der Waals surface area (Å²) >= 11 is 0. The first-order valence-electron chi connectivity index (χ1n) is 8.46. The summed E-state index contributed by atoms with van der Waals surface area (Å²) in [5.41, 5.74) is 0. The molecule has 0 radical (unpaired) electrons. The highest BCUT2D eigenvalue weighted by molar-refractivity contribution is 5.75. The Labute approximate surface area is 122 Å². The summed E-state index contributed by atoms with van der Waals surface area (Å²) in [6, 6.07) is 2.26. The van der Waals surface area contributed by atoms with Gasteiger partial charge in [0, 0.05) is 24.2 Å². The topological polar surface area (TPSA) is 44.4 Å². The lowest BCUT2D eigenvalue weighted by molar-refractivity contribution is 0.0509. The van der Waals surface area contributed by atoms with E-state index in [1.54, 1.807) is 0 Å². The molecular formula is C16H29N3O. The van der Waals surface area contributed by atoms with Crippen molar-refractivity contribution < 1.29 is 4.79 Å². The Bertz CT molecular complexity index is 346. The Hall–Kier alpha value is -0.770. The van der Waals surface area contributed by atoms with E-state index >= 15 is 0 Å². The van der Waals surface area contributed by atoms with E-state index in [2.05, 4.69) is 29.5 Å². The number of fused-ring (bicyclic) bond motifs is 2. The van der Waals surface area contributed by atoms with Crippen LogP contribution in [-0.4, -0.2) is 42.1 Å². The Morgan fingerprint density at radius 3 is 2.50 bits per heavy atom. The van der Waals surface area contributed by atoms with Gasteiger partial charge in [-0.1, -0.05) is 19.8 Å². The van der Waals surface area contributed by atoms with Gasteiger partial charge in [-0.15, -0.1) is 0 Å². The molecule has 1 aliphatic carbocycles. The van der Waals surface area contributed by atoms with Gasteiger partial charge in [0.05, 0.1) is 0 Å². The third kappa shape index (κ3) is 3.11. The molecular weight excluding hydrogens is 250 g/mol. The number of rotatable bonds is 4. The van der Waals surface area contributed by atoms with E-state index in [9.17, 15) is 4.79 Å². The quantitative estimate of drug-likeness (QED) is 0.830. The van der Waals surface area contributed by atoms with E-state index in [-0.39, 0.29) is 6.03 Å². The molecule has 2 bridgehead atoms. The number of hydrogen-bond acceptors (Lipinski definition) is 2. The van der Waals surface area contributed by atoms with E-state index in [1.165, 1.54) is 38.5 Å². The molecule has 3 fully saturated rings. The van der Waals surface area contributed by atoms with Gasteiger partial charge < -0.3 is 15.5 Å². The summed E-state index contributed by atoms with van der Waals surface area (Å²) in [6.07, 6.45) is 9.88. The molecule has 0 aromatic rings. The molecule has 0 aromatic carbocycles. The van der Waals surface area contributed by atoms with Crippen LogP contribution in [0.3, 0.4) is 0 Å². The minimum absolute atomic E-state index is 0.0706. The van der Waals surface area contributed by atoms with Gasteiger partial charge in [0.1, 0.15) is 0 Å². The van der Waals surface area contributed by atoms with Crippen LogP contribution in [0.15, 0.2) is 0 Å². The van der Waals surface area contributed by atoms with Gasteiger partial charge in [-0.3, -0.25) is 0 Å². The third-order valence-electron chi connectivity index (χ3n) is 5.57.